The number of amides is 1. The number of benzene rings is 1. The van der Waals surface area contributed by atoms with Crippen molar-refractivity contribution in [2.24, 2.45) is 0 Å². The third kappa shape index (κ3) is 4.00. The van der Waals surface area contributed by atoms with E-state index in [-0.39, 0.29) is 29.5 Å². The first kappa shape index (κ1) is 16.8. The second-order valence-electron chi connectivity index (χ2n) is 5.93. The number of nitrogens with one attached hydrogen (secondary N) is 1. The molecule has 1 amide bonds. The van der Waals surface area contributed by atoms with Crippen molar-refractivity contribution in [2.75, 3.05) is 23.9 Å². The number of sulfone groups is 1. The fraction of sp³-hybridized carbons (Fsp3) is 0.562. The van der Waals surface area contributed by atoms with E-state index < -0.39 is 9.84 Å². The van der Waals surface area contributed by atoms with E-state index in [0.717, 1.165) is 12.1 Å². The van der Waals surface area contributed by atoms with Crippen LogP contribution in [0.3, 0.4) is 0 Å². The van der Waals surface area contributed by atoms with Gasteiger partial charge in [0.15, 0.2) is 9.84 Å². The van der Waals surface area contributed by atoms with Gasteiger partial charge in [-0.25, -0.2) is 8.42 Å². The van der Waals surface area contributed by atoms with Gasteiger partial charge in [0.05, 0.1) is 11.5 Å². The van der Waals surface area contributed by atoms with E-state index in [4.69, 9.17) is 0 Å². The van der Waals surface area contributed by atoms with Gasteiger partial charge in [0.1, 0.15) is 6.04 Å². The van der Waals surface area contributed by atoms with Crippen molar-refractivity contribution in [3.63, 3.8) is 0 Å². The van der Waals surface area contributed by atoms with E-state index in [1.807, 2.05) is 24.3 Å². The molecule has 0 bridgehead atoms. The summed E-state index contributed by atoms with van der Waals surface area (Å²) in [5, 5.41) is 3.20. The average molecular weight is 324 g/mol. The Hall–Kier alpha value is -1.56. The zero-order valence-electron chi connectivity index (χ0n) is 13.4. The summed E-state index contributed by atoms with van der Waals surface area (Å²) in [5.74, 6) is 0.173. The van der Waals surface area contributed by atoms with E-state index in [1.165, 1.54) is 5.56 Å². The predicted octanol–water partition coefficient (Wildman–Crippen LogP) is 1.69. The highest BCUT2D eigenvalue weighted by molar-refractivity contribution is 7.91. The zero-order chi connectivity index (χ0) is 16.3. The van der Waals surface area contributed by atoms with Crippen molar-refractivity contribution in [2.45, 2.75) is 38.8 Å². The molecule has 0 aliphatic carbocycles. The van der Waals surface area contributed by atoms with Crippen LogP contribution in [0.4, 0.5) is 5.69 Å². The molecule has 0 aromatic heterocycles. The Bertz CT molecular complexity index is 643. The van der Waals surface area contributed by atoms with Crippen LogP contribution in [0.1, 0.15) is 25.8 Å². The van der Waals surface area contributed by atoms with Gasteiger partial charge in [-0.1, -0.05) is 19.1 Å². The lowest BCUT2D eigenvalue weighted by Gasteiger charge is -2.27. The molecule has 22 heavy (non-hydrogen) atoms. The van der Waals surface area contributed by atoms with Gasteiger partial charge in [0.2, 0.25) is 5.91 Å². The Balaban J connectivity index is 1.99. The van der Waals surface area contributed by atoms with Crippen LogP contribution in [0, 0.1) is 0 Å². The molecule has 1 heterocycles. The first-order valence-electron chi connectivity index (χ1n) is 7.65. The molecule has 1 aliphatic rings. The lowest BCUT2D eigenvalue weighted by molar-refractivity contribution is -0.132. The molecule has 1 fully saturated rings. The van der Waals surface area contributed by atoms with Crippen molar-refractivity contribution in [3.05, 3.63) is 29.8 Å². The molecule has 1 aromatic rings. The molecular formula is C16H24N2O3S. The molecule has 1 saturated heterocycles. The van der Waals surface area contributed by atoms with Crippen LogP contribution in [0.25, 0.3) is 0 Å². The molecule has 6 heteroatoms. The largest absolute Gasteiger partial charge is 0.374 e. The molecule has 0 saturated carbocycles. The SMILES string of the molecule is CCc1cccc(NC(C)C(=O)N(C)C2CCS(=O)(=O)C2)c1. The van der Waals surface area contributed by atoms with Gasteiger partial charge in [0.25, 0.3) is 0 Å². The Morgan fingerprint density at radius 1 is 1.45 bits per heavy atom. The van der Waals surface area contributed by atoms with Gasteiger partial charge in [-0.3, -0.25) is 4.79 Å². The second kappa shape index (κ2) is 6.69. The number of likely N-dealkylation sites (N-methyl/N-ethyl adjacent to an activating group) is 1. The van der Waals surface area contributed by atoms with Crippen molar-refractivity contribution in [1.29, 1.82) is 0 Å². The third-order valence-electron chi connectivity index (χ3n) is 4.19. The number of hydrogen-bond donors (Lipinski definition) is 1. The first-order valence-corrected chi connectivity index (χ1v) is 9.47. The molecule has 2 unspecified atom stereocenters. The van der Waals surface area contributed by atoms with Crippen molar-refractivity contribution in [3.8, 4) is 0 Å². The Labute approximate surface area is 132 Å². The van der Waals surface area contributed by atoms with Crippen LogP contribution in [0.15, 0.2) is 24.3 Å². The summed E-state index contributed by atoms with van der Waals surface area (Å²) in [6.07, 6.45) is 1.47. The highest BCUT2D eigenvalue weighted by atomic mass is 32.2. The first-order chi connectivity index (χ1) is 10.3. The Morgan fingerprint density at radius 2 is 2.18 bits per heavy atom. The normalized spacial score (nSPS) is 21.3. The summed E-state index contributed by atoms with van der Waals surface area (Å²) >= 11 is 0. The van der Waals surface area contributed by atoms with Gasteiger partial charge in [-0.2, -0.15) is 0 Å². The quantitative estimate of drug-likeness (QED) is 0.895. The fourth-order valence-electron chi connectivity index (χ4n) is 2.76. The fourth-order valence-corrected chi connectivity index (χ4v) is 4.53. The molecule has 2 rings (SSSR count). The van der Waals surface area contributed by atoms with Crippen LogP contribution in [-0.4, -0.2) is 49.9 Å². The Morgan fingerprint density at radius 3 is 2.77 bits per heavy atom. The summed E-state index contributed by atoms with van der Waals surface area (Å²) in [7, 11) is -1.29. The number of hydrogen-bond acceptors (Lipinski definition) is 4. The average Bonchev–Trinajstić information content (AvgIpc) is 2.86. The summed E-state index contributed by atoms with van der Waals surface area (Å²) in [6, 6.07) is 7.38. The summed E-state index contributed by atoms with van der Waals surface area (Å²) < 4.78 is 23.1. The lowest BCUT2D eigenvalue weighted by atomic mass is 10.1. The molecule has 122 valence electrons. The van der Waals surface area contributed by atoms with E-state index >= 15 is 0 Å². The molecule has 0 radical (unpaired) electrons. The molecule has 5 nitrogen and oxygen atoms in total. The number of anilines is 1. The van der Waals surface area contributed by atoms with Gasteiger partial charge in [0, 0.05) is 18.8 Å². The van der Waals surface area contributed by atoms with Crippen LogP contribution >= 0.6 is 0 Å². The number of nitrogens with zero attached hydrogens (tertiary/aromatic N) is 1. The highest BCUT2D eigenvalue weighted by Crippen LogP contribution is 2.18. The molecular weight excluding hydrogens is 300 g/mol. The maximum absolute atomic E-state index is 12.5. The summed E-state index contributed by atoms with van der Waals surface area (Å²) in [4.78, 5) is 14.0. The topological polar surface area (TPSA) is 66.5 Å². The maximum Gasteiger partial charge on any atom is 0.244 e. The van der Waals surface area contributed by atoms with Crippen molar-refractivity contribution >= 4 is 21.4 Å². The monoisotopic (exact) mass is 324 g/mol. The van der Waals surface area contributed by atoms with Crippen molar-refractivity contribution in [1.82, 2.24) is 4.90 Å². The molecule has 1 aliphatic heterocycles. The minimum Gasteiger partial charge on any atom is -0.374 e. The van der Waals surface area contributed by atoms with Gasteiger partial charge < -0.3 is 10.2 Å². The molecule has 1 aromatic carbocycles. The molecule has 2 atom stereocenters. The van der Waals surface area contributed by atoms with Gasteiger partial charge >= 0.3 is 0 Å². The standard InChI is InChI=1S/C16H24N2O3S/c1-4-13-6-5-7-14(10-13)17-12(2)16(19)18(3)15-8-9-22(20,21)11-15/h5-7,10,12,15,17H,4,8-9,11H2,1-3H3. The second-order valence-corrected chi connectivity index (χ2v) is 8.15. The van der Waals surface area contributed by atoms with Crippen LogP contribution < -0.4 is 5.32 Å². The third-order valence-corrected chi connectivity index (χ3v) is 5.94. The number of aryl methyl sites for hydroxylation is 1. The smallest absolute Gasteiger partial charge is 0.244 e. The number of rotatable bonds is 5. The van der Waals surface area contributed by atoms with Crippen LogP contribution in [0.5, 0.6) is 0 Å². The summed E-state index contributed by atoms with van der Waals surface area (Å²) in [5.41, 5.74) is 2.12. The molecule has 0 spiro atoms. The van der Waals surface area contributed by atoms with Crippen LogP contribution in [-0.2, 0) is 21.1 Å². The van der Waals surface area contributed by atoms with E-state index in [1.54, 1.807) is 18.9 Å². The van der Waals surface area contributed by atoms with Gasteiger partial charge in [-0.15, -0.1) is 0 Å². The predicted molar refractivity (Wildman–Crippen MR) is 88.7 cm³/mol. The van der Waals surface area contributed by atoms with Crippen molar-refractivity contribution < 1.29 is 13.2 Å². The van der Waals surface area contributed by atoms with Crippen LogP contribution in [0.2, 0.25) is 0 Å². The van der Waals surface area contributed by atoms with E-state index in [0.29, 0.717) is 6.42 Å². The van der Waals surface area contributed by atoms with E-state index in [9.17, 15) is 13.2 Å². The maximum atomic E-state index is 12.5. The highest BCUT2D eigenvalue weighted by Gasteiger charge is 2.34. The minimum atomic E-state index is -2.98. The number of carbonyl (C=O) groups excluding carboxylic acids is 1. The summed E-state index contributed by atoms with van der Waals surface area (Å²) in [6.45, 7) is 3.89. The molecule has 1 N–H and O–H groups in total. The Kier molecular flexibility index (Phi) is 5.11. The van der Waals surface area contributed by atoms with Gasteiger partial charge in [-0.05, 0) is 37.5 Å². The minimum absolute atomic E-state index is 0.0767. The zero-order valence-corrected chi connectivity index (χ0v) is 14.2. The number of carbonyl (C=O) groups is 1. The lowest BCUT2D eigenvalue weighted by Crippen LogP contribution is -2.45. The van der Waals surface area contributed by atoms with E-state index in [2.05, 4.69) is 12.2 Å².